The van der Waals surface area contributed by atoms with Gasteiger partial charge in [0.15, 0.2) is 0 Å². The number of nitrogens with zero attached hydrogens (tertiary/aromatic N) is 2. The largest absolute Gasteiger partial charge is 0.327 e. The standard InChI is InChI=1S/C10H17N3/c1-2-13-7-8(6-12-13)5-9-3-4-10(9)11/h6-7,9-10H,2-5,11H2,1H3. The molecule has 1 saturated carbocycles. The zero-order valence-electron chi connectivity index (χ0n) is 8.11. The lowest BCUT2D eigenvalue weighted by Gasteiger charge is -2.33. The molecule has 2 atom stereocenters. The van der Waals surface area contributed by atoms with Crippen LogP contribution in [0.3, 0.4) is 0 Å². The second-order valence-electron chi connectivity index (χ2n) is 3.91. The van der Waals surface area contributed by atoms with Crippen LogP contribution in [-0.2, 0) is 13.0 Å². The van der Waals surface area contributed by atoms with E-state index >= 15 is 0 Å². The molecule has 3 nitrogen and oxygen atoms in total. The van der Waals surface area contributed by atoms with Crippen molar-refractivity contribution in [3.8, 4) is 0 Å². The van der Waals surface area contributed by atoms with E-state index in [1.165, 1.54) is 18.4 Å². The minimum atomic E-state index is 0.435. The van der Waals surface area contributed by atoms with E-state index in [4.69, 9.17) is 5.73 Å². The summed E-state index contributed by atoms with van der Waals surface area (Å²) in [4.78, 5) is 0. The first kappa shape index (κ1) is 8.75. The molecule has 1 aromatic rings. The Bertz CT molecular complexity index is 279. The summed E-state index contributed by atoms with van der Waals surface area (Å²) in [5.74, 6) is 0.703. The van der Waals surface area contributed by atoms with E-state index in [0.29, 0.717) is 12.0 Å². The van der Waals surface area contributed by atoms with Crippen LogP contribution >= 0.6 is 0 Å². The van der Waals surface area contributed by atoms with Crippen molar-refractivity contribution < 1.29 is 0 Å². The van der Waals surface area contributed by atoms with Crippen LogP contribution in [0, 0.1) is 5.92 Å². The van der Waals surface area contributed by atoms with Crippen LogP contribution in [0.2, 0.25) is 0 Å². The minimum Gasteiger partial charge on any atom is -0.327 e. The molecule has 0 amide bonds. The van der Waals surface area contributed by atoms with Crippen molar-refractivity contribution >= 4 is 0 Å². The number of nitrogens with two attached hydrogens (primary N) is 1. The highest BCUT2D eigenvalue weighted by Gasteiger charge is 2.27. The van der Waals surface area contributed by atoms with E-state index in [0.717, 1.165) is 13.0 Å². The maximum absolute atomic E-state index is 5.88. The molecule has 3 heteroatoms. The zero-order valence-corrected chi connectivity index (χ0v) is 8.11. The van der Waals surface area contributed by atoms with E-state index in [2.05, 4.69) is 18.2 Å². The molecule has 0 radical (unpaired) electrons. The molecule has 1 heterocycles. The smallest absolute Gasteiger partial charge is 0.0521 e. The molecular weight excluding hydrogens is 162 g/mol. The summed E-state index contributed by atoms with van der Waals surface area (Å²) in [6.45, 7) is 3.06. The molecule has 2 unspecified atom stereocenters. The molecule has 0 bridgehead atoms. The van der Waals surface area contributed by atoms with E-state index < -0.39 is 0 Å². The fourth-order valence-electron chi connectivity index (χ4n) is 1.84. The first-order valence-corrected chi connectivity index (χ1v) is 5.06. The third-order valence-electron chi connectivity index (χ3n) is 2.98. The van der Waals surface area contributed by atoms with Crippen LogP contribution < -0.4 is 5.73 Å². The Morgan fingerprint density at radius 3 is 2.92 bits per heavy atom. The van der Waals surface area contributed by atoms with Gasteiger partial charge >= 0.3 is 0 Å². The van der Waals surface area contributed by atoms with Crippen LogP contribution in [0.1, 0.15) is 25.3 Å². The Morgan fingerprint density at radius 2 is 2.46 bits per heavy atom. The maximum Gasteiger partial charge on any atom is 0.0521 e. The SMILES string of the molecule is CCn1cc(CC2CCC2N)cn1. The highest BCUT2D eigenvalue weighted by atomic mass is 15.3. The lowest BCUT2D eigenvalue weighted by atomic mass is 9.77. The molecule has 1 aliphatic carbocycles. The summed E-state index contributed by atoms with van der Waals surface area (Å²) in [7, 11) is 0. The lowest BCUT2D eigenvalue weighted by molar-refractivity contribution is 0.256. The summed E-state index contributed by atoms with van der Waals surface area (Å²) >= 11 is 0. The minimum absolute atomic E-state index is 0.435. The molecule has 0 aromatic carbocycles. The van der Waals surface area contributed by atoms with E-state index in [1.807, 2.05) is 10.9 Å². The van der Waals surface area contributed by atoms with Crippen molar-refractivity contribution in [2.45, 2.75) is 38.8 Å². The Kier molecular flexibility index (Phi) is 2.36. The fourth-order valence-corrected chi connectivity index (χ4v) is 1.84. The topological polar surface area (TPSA) is 43.8 Å². The molecule has 2 rings (SSSR count). The van der Waals surface area contributed by atoms with Crippen molar-refractivity contribution in [1.29, 1.82) is 0 Å². The fraction of sp³-hybridized carbons (Fsp3) is 0.700. The van der Waals surface area contributed by atoms with Crippen LogP contribution in [0.25, 0.3) is 0 Å². The Morgan fingerprint density at radius 1 is 1.62 bits per heavy atom. The van der Waals surface area contributed by atoms with Gasteiger partial charge in [-0.15, -0.1) is 0 Å². The third kappa shape index (κ3) is 1.75. The monoisotopic (exact) mass is 179 g/mol. The molecule has 13 heavy (non-hydrogen) atoms. The maximum atomic E-state index is 5.88. The quantitative estimate of drug-likeness (QED) is 0.757. The van der Waals surface area contributed by atoms with Crippen molar-refractivity contribution in [3.63, 3.8) is 0 Å². The Balaban J connectivity index is 1.93. The molecule has 1 fully saturated rings. The van der Waals surface area contributed by atoms with E-state index in [-0.39, 0.29) is 0 Å². The molecule has 0 spiro atoms. The summed E-state index contributed by atoms with van der Waals surface area (Å²) in [5, 5.41) is 4.25. The average molecular weight is 179 g/mol. The molecule has 2 N–H and O–H groups in total. The average Bonchev–Trinajstić information content (AvgIpc) is 2.59. The van der Waals surface area contributed by atoms with E-state index in [1.54, 1.807) is 0 Å². The van der Waals surface area contributed by atoms with Gasteiger partial charge in [0.25, 0.3) is 0 Å². The van der Waals surface area contributed by atoms with Crippen molar-refractivity contribution in [1.82, 2.24) is 9.78 Å². The number of aromatic nitrogens is 2. The van der Waals surface area contributed by atoms with Crippen LogP contribution in [0.15, 0.2) is 12.4 Å². The molecule has 0 aliphatic heterocycles. The summed E-state index contributed by atoms with van der Waals surface area (Å²) in [6.07, 6.45) is 7.70. The highest BCUT2D eigenvalue weighted by Crippen LogP contribution is 2.28. The second-order valence-corrected chi connectivity index (χ2v) is 3.91. The van der Waals surface area contributed by atoms with Gasteiger partial charge in [0, 0.05) is 18.8 Å². The molecule has 1 aromatic heterocycles. The summed E-state index contributed by atoms with van der Waals surface area (Å²) in [5.41, 5.74) is 7.22. The number of aryl methyl sites for hydroxylation is 1. The molecular formula is C10H17N3. The Labute approximate surface area is 78.9 Å². The predicted octanol–water partition coefficient (Wildman–Crippen LogP) is 1.18. The van der Waals surface area contributed by atoms with Gasteiger partial charge in [-0.3, -0.25) is 4.68 Å². The summed E-state index contributed by atoms with van der Waals surface area (Å²) in [6, 6.07) is 0.435. The molecule has 0 saturated heterocycles. The lowest BCUT2D eigenvalue weighted by Crippen LogP contribution is -2.40. The van der Waals surface area contributed by atoms with Crippen LogP contribution in [0.4, 0.5) is 0 Å². The van der Waals surface area contributed by atoms with Gasteiger partial charge in [0.05, 0.1) is 6.20 Å². The van der Waals surface area contributed by atoms with Gasteiger partial charge in [-0.25, -0.2) is 0 Å². The summed E-state index contributed by atoms with van der Waals surface area (Å²) < 4.78 is 1.97. The number of hydrogen-bond acceptors (Lipinski definition) is 2. The van der Waals surface area contributed by atoms with Crippen molar-refractivity contribution in [2.24, 2.45) is 11.7 Å². The normalized spacial score (nSPS) is 27.2. The van der Waals surface area contributed by atoms with Crippen molar-refractivity contribution in [3.05, 3.63) is 18.0 Å². The zero-order chi connectivity index (χ0) is 9.26. The number of hydrogen-bond donors (Lipinski definition) is 1. The van der Waals surface area contributed by atoms with Gasteiger partial charge in [0.2, 0.25) is 0 Å². The first-order valence-electron chi connectivity index (χ1n) is 5.06. The molecule has 1 aliphatic rings. The number of rotatable bonds is 3. The van der Waals surface area contributed by atoms with E-state index in [9.17, 15) is 0 Å². The molecule has 72 valence electrons. The Hall–Kier alpha value is -0.830. The van der Waals surface area contributed by atoms with Crippen LogP contribution in [-0.4, -0.2) is 15.8 Å². The highest BCUT2D eigenvalue weighted by molar-refractivity contribution is 5.07. The van der Waals surface area contributed by atoms with Gasteiger partial charge in [0.1, 0.15) is 0 Å². The van der Waals surface area contributed by atoms with Gasteiger partial charge in [-0.1, -0.05) is 0 Å². The second kappa shape index (κ2) is 3.50. The van der Waals surface area contributed by atoms with Gasteiger partial charge in [-0.2, -0.15) is 5.10 Å². The van der Waals surface area contributed by atoms with Gasteiger partial charge < -0.3 is 5.73 Å². The van der Waals surface area contributed by atoms with Crippen molar-refractivity contribution in [2.75, 3.05) is 0 Å². The first-order chi connectivity index (χ1) is 6.29. The van der Waals surface area contributed by atoms with Crippen LogP contribution in [0.5, 0.6) is 0 Å². The van der Waals surface area contributed by atoms with Gasteiger partial charge in [-0.05, 0) is 37.7 Å². The predicted molar refractivity (Wildman–Crippen MR) is 52.3 cm³/mol. The third-order valence-corrected chi connectivity index (χ3v) is 2.98.